The number of carbonyl (C=O) groups is 2. The smallest absolute Gasteiger partial charge is 0.354 e. The van der Waals surface area contributed by atoms with Gasteiger partial charge < -0.3 is 20.6 Å². The highest BCUT2D eigenvalue weighted by atomic mass is 16.4. The second-order valence-electron chi connectivity index (χ2n) is 4.94. The Morgan fingerprint density at radius 1 is 1.38 bits per heavy atom. The Morgan fingerprint density at radius 2 is 2.14 bits per heavy atom. The fraction of sp³-hybridized carbons (Fsp3) is 0.500. The van der Waals surface area contributed by atoms with E-state index in [0.29, 0.717) is 12.1 Å². The fourth-order valence-corrected chi connectivity index (χ4v) is 2.23. The summed E-state index contributed by atoms with van der Waals surface area (Å²) in [6, 6.07) is 2.80. The van der Waals surface area contributed by atoms with Gasteiger partial charge >= 0.3 is 5.97 Å². The molecule has 0 bridgehead atoms. The minimum Gasteiger partial charge on any atom is -0.477 e. The van der Waals surface area contributed by atoms with E-state index < -0.39 is 5.97 Å². The van der Waals surface area contributed by atoms with Crippen molar-refractivity contribution in [2.24, 2.45) is 0 Å². The molecule has 0 atom stereocenters. The summed E-state index contributed by atoms with van der Waals surface area (Å²) in [5.74, 6) is -1.40. The van der Waals surface area contributed by atoms with Crippen molar-refractivity contribution in [3.8, 4) is 0 Å². The lowest BCUT2D eigenvalue weighted by molar-refractivity contribution is 0.0690. The van der Waals surface area contributed by atoms with Gasteiger partial charge in [-0.3, -0.25) is 4.79 Å². The number of rotatable bonds is 6. The number of piperazine rings is 1. The van der Waals surface area contributed by atoms with Gasteiger partial charge in [-0.2, -0.15) is 0 Å². The maximum atomic E-state index is 11.9. The lowest BCUT2D eigenvalue weighted by atomic mass is 10.2. The van der Waals surface area contributed by atoms with Crippen LogP contribution in [0.15, 0.2) is 18.3 Å². The second-order valence-corrected chi connectivity index (χ2v) is 4.94. The van der Waals surface area contributed by atoms with Crippen LogP contribution in [-0.4, -0.2) is 66.1 Å². The van der Waals surface area contributed by atoms with Gasteiger partial charge in [0.05, 0.1) is 0 Å². The Labute approximate surface area is 123 Å². The van der Waals surface area contributed by atoms with Crippen LogP contribution >= 0.6 is 0 Å². The molecule has 1 aliphatic rings. The summed E-state index contributed by atoms with van der Waals surface area (Å²) in [5, 5.41) is 14.9. The summed E-state index contributed by atoms with van der Waals surface area (Å²) in [6.45, 7) is 5.65. The lowest BCUT2D eigenvalue weighted by Crippen LogP contribution is -2.44. The number of aromatic nitrogens is 1. The molecule has 1 saturated heterocycles. The van der Waals surface area contributed by atoms with Gasteiger partial charge in [0.15, 0.2) is 0 Å². The van der Waals surface area contributed by atoms with Crippen molar-refractivity contribution >= 4 is 11.9 Å². The lowest BCUT2D eigenvalue weighted by Gasteiger charge is -2.27. The summed E-state index contributed by atoms with van der Waals surface area (Å²) in [4.78, 5) is 28.8. The van der Waals surface area contributed by atoms with E-state index in [1.807, 2.05) is 0 Å². The molecule has 21 heavy (non-hydrogen) atoms. The zero-order valence-corrected chi connectivity index (χ0v) is 11.8. The number of carbonyl (C=O) groups excluding carboxylic acids is 1. The predicted molar refractivity (Wildman–Crippen MR) is 77.5 cm³/mol. The highest BCUT2D eigenvalue weighted by Crippen LogP contribution is 2.02. The number of pyridine rings is 1. The molecule has 1 aliphatic heterocycles. The van der Waals surface area contributed by atoms with Crippen LogP contribution in [0.3, 0.4) is 0 Å². The summed E-state index contributed by atoms with van der Waals surface area (Å²) < 4.78 is 0. The Morgan fingerprint density at radius 3 is 2.86 bits per heavy atom. The molecule has 114 valence electrons. The number of hydrogen-bond acceptors (Lipinski definition) is 5. The van der Waals surface area contributed by atoms with Crippen LogP contribution in [0.25, 0.3) is 0 Å². The Kier molecular flexibility index (Phi) is 5.65. The molecule has 1 aromatic rings. The van der Waals surface area contributed by atoms with Crippen molar-refractivity contribution < 1.29 is 14.7 Å². The second kappa shape index (κ2) is 7.70. The van der Waals surface area contributed by atoms with Gasteiger partial charge in [-0.15, -0.1) is 0 Å². The summed E-state index contributed by atoms with van der Waals surface area (Å²) in [5.41, 5.74) is 0.202. The van der Waals surface area contributed by atoms with Gasteiger partial charge in [-0.1, -0.05) is 0 Å². The maximum Gasteiger partial charge on any atom is 0.354 e. The van der Waals surface area contributed by atoms with Crippen molar-refractivity contribution in [1.82, 2.24) is 20.5 Å². The van der Waals surface area contributed by atoms with E-state index in [9.17, 15) is 9.59 Å². The van der Waals surface area contributed by atoms with E-state index in [1.54, 1.807) is 0 Å². The van der Waals surface area contributed by atoms with Crippen molar-refractivity contribution in [1.29, 1.82) is 0 Å². The topological polar surface area (TPSA) is 94.6 Å². The standard InChI is InChI=1S/C14H20N4O3/c19-13(11-2-4-16-12(10-11)14(20)21)17-3-1-7-18-8-5-15-6-9-18/h2,4,10,15H,1,3,5-9H2,(H,17,19)(H,20,21). The SMILES string of the molecule is O=C(NCCCN1CCNCC1)c1ccnc(C(=O)O)c1. The number of nitrogens with zero attached hydrogens (tertiary/aromatic N) is 2. The first-order valence-corrected chi connectivity index (χ1v) is 7.07. The molecule has 0 aromatic carbocycles. The first-order valence-electron chi connectivity index (χ1n) is 7.07. The van der Waals surface area contributed by atoms with Crippen LogP contribution in [0, 0.1) is 0 Å². The summed E-state index contributed by atoms with van der Waals surface area (Å²) in [7, 11) is 0. The number of hydrogen-bond donors (Lipinski definition) is 3. The molecule has 1 aromatic heterocycles. The maximum absolute atomic E-state index is 11.9. The number of nitrogens with one attached hydrogen (secondary N) is 2. The number of carboxylic acid groups (broad SMARTS) is 1. The van der Waals surface area contributed by atoms with Gasteiger partial charge in [-0.25, -0.2) is 9.78 Å². The van der Waals surface area contributed by atoms with Crippen LogP contribution < -0.4 is 10.6 Å². The molecule has 1 fully saturated rings. The van der Waals surface area contributed by atoms with E-state index in [-0.39, 0.29) is 11.6 Å². The number of aromatic carboxylic acids is 1. The molecule has 2 rings (SSSR count). The highest BCUT2D eigenvalue weighted by Gasteiger charge is 2.11. The third kappa shape index (κ3) is 4.80. The Bertz CT molecular complexity index is 501. The van der Waals surface area contributed by atoms with Gasteiger partial charge in [-0.05, 0) is 25.1 Å². The van der Waals surface area contributed by atoms with Gasteiger partial charge in [0, 0.05) is 44.5 Å². The molecule has 1 amide bonds. The molecule has 0 radical (unpaired) electrons. The molecule has 0 aliphatic carbocycles. The zero-order valence-electron chi connectivity index (χ0n) is 11.8. The molecule has 7 heteroatoms. The average molecular weight is 292 g/mol. The minimum absolute atomic E-state index is 0.122. The van der Waals surface area contributed by atoms with Gasteiger partial charge in [0.25, 0.3) is 5.91 Å². The van der Waals surface area contributed by atoms with Crippen molar-refractivity contribution in [3.05, 3.63) is 29.6 Å². The number of carboxylic acids is 1. The van der Waals surface area contributed by atoms with E-state index in [2.05, 4.69) is 20.5 Å². The largest absolute Gasteiger partial charge is 0.477 e. The van der Waals surface area contributed by atoms with Gasteiger partial charge in [0.2, 0.25) is 0 Å². The van der Waals surface area contributed by atoms with Crippen LogP contribution in [-0.2, 0) is 0 Å². The summed E-state index contributed by atoms with van der Waals surface area (Å²) in [6.07, 6.45) is 2.21. The molecule has 3 N–H and O–H groups in total. The van der Waals surface area contributed by atoms with Crippen LogP contribution in [0.5, 0.6) is 0 Å². The Hall–Kier alpha value is -1.99. The van der Waals surface area contributed by atoms with E-state index in [4.69, 9.17) is 5.11 Å². The van der Waals surface area contributed by atoms with Crippen LogP contribution in [0.1, 0.15) is 27.3 Å². The van der Waals surface area contributed by atoms with E-state index in [1.165, 1.54) is 18.3 Å². The molecule has 0 unspecified atom stereocenters. The minimum atomic E-state index is -1.14. The van der Waals surface area contributed by atoms with Crippen LogP contribution in [0.2, 0.25) is 0 Å². The van der Waals surface area contributed by atoms with Crippen molar-refractivity contribution in [2.75, 3.05) is 39.3 Å². The summed E-state index contributed by atoms with van der Waals surface area (Å²) >= 11 is 0. The molecular formula is C14H20N4O3. The normalized spacial score (nSPS) is 15.6. The Balaban J connectivity index is 1.74. The first kappa shape index (κ1) is 15.4. The average Bonchev–Trinajstić information content (AvgIpc) is 2.52. The molecule has 0 spiro atoms. The van der Waals surface area contributed by atoms with E-state index >= 15 is 0 Å². The van der Waals surface area contributed by atoms with Crippen LogP contribution in [0.4, 0.5) is 0 Å². The third-order valence-corrected chi connectivity index (χ3v) is 3.39. The zero-order chi connectivity index (χ0) is 15.1. The predicted octanol–water partition coefficient (Wildman–Crippen LogP) is -0.195. The molecule has 0 saturated carbocycles. The van der Waals surface area contributed by atoms with Gasteiger partial charge in [0.1, 0.15) is 5.69 Å². The third-order valence-electron chi connectivity index (χ3n) is 3.39. The van der Waals surface area contributed by atoms with Crippen molar-refractivity contribution in [3.63, 3.8) is 0 Å². The monoisotopic (exact) mass is 292 g/mol. The molecular weight excluding hydrogens is 272 g/mol. The highest BCUT2D eigenvalue weighted by molar-refractivity contribution is 5.96. The number of amides is 1. The quantitative estimate of drug-likeness (QED) is 0.629. The molecule has 2 heterocycles. The van der Waals surface area contributed by atoms with Crippen molar-refractivity contribution in [2.45, 2.75) is 6.42 Å². The molecule has 7 nitrogen and oxygen atoms in total. The van der Waals surface area contributed by atoms with E-state index in [0.717, 1.165) is 39.1 Å². The first-order chi connectivity index (χ1) is 10.2. The fourth-order valence-electron chi connectivity index (χ4n) is 2.23.